The lowest BCUT2D eigenvalue weighted by molar-refractivity contribution is 0.413. The van der Waals surface area contributed by atoms with Gasteiger partial charge >= 0.3 is 0 Å². The highest BCUT2D eigenvalue weighted by atomic mass is 16.5. The number of anilines is 1. The van der Waals surface area contributed by atoms with Crippen molar-refractivity contribution in [3.05, 3.63) is 89.0 Å². The van der Waals surface area contributed by atoms with Gasteiger partial charge in [-0.2, -0.15) is 0 Å². The molecule has 0 fully saturated rings. The predicted octanol–water partition coefficient (Wildman–Crippen LogP) is 5.16. The topological polar surface area (TPSA) is 21.7 Å². The molecule has 1 aliphatic rings. The highest BCUT2D eigenvalue weighted by Crippen LogP contribution is 2.40. The number of nitrogens with zero attached hydrogens (tertiary/aromatic N) is 1. The predicted molar refractivity (Wildman–Crippen MR) is 110 cm³/mol. The zero-order valence-corrected chi connectivity index (χ0v) is 16.1. The number of fused-ring (bicyclic) bond motifs is 1. The van der Waals surface area contributed by atoms with E-state index in [9.17, 15) is 0 Å². The van der Waals surface area contributed by atoms with Crippen molar-refractivity contribution in [1.82, 2.24) is 0 Å². The van der Waals surface area contributed by atoms with E-state index in [0.29, 0.717) is 0 Å². The van der Waals surface area contributed by atoms with Crippen molar-refractivity contribution >= 4 is 5.69 Å². The van der Waals surface area contributed by atoms with E-state index >= 15 is 0 Å². The summed E-state index contributed by atoms with van der Waals surface area (Å²) in [6.45, 7) is 3.16. The Bertz CT molecular complexity index is 933. The van der Waals surface area contributed by atoms with Crippen LogP contribution in [-0.4, -0.2) is 20.8 Å². The Kier molecular flexibility index (Phi) is 4.76. The third-order valence-electron chi connectivity index (χ3n) is 5.47. The van der Waals surface area contributed by atoms with E-state index < -0.39 is 0 Å². The van der Waals surface area contributed by atoms with Gasteiger partial charge in [-0.15, -0.1) is 0 Å². The molecule has 138 valence electrons. The maximum absolute atomic E-state index is 5.45. The fraction of sp³-hybridized carbons (Fsp3) is 0.250. The molecule has 1 aliphatic heterocycles. The number of benzene rings is 3. The molecule has 1 heterocycles. The molecule has 0 N–H and O–H groups in total. The van der Waals surface area contributed by atoms with Crippen LogP contribution < -0.4 is 14.4 Å². The summed E-state index contributed by atoms with van der Waals surface area (Å²) in [6.07, 6.45) is 1.00. The molecule has 0 aliphatic carbocycles. The van der Waals surface area contributed by atoms with Crippen LogP contribution in [0.25, 0.3) is 0 Å². The number of hydrogen-bond acceptors (Lipinski definition) is 3. The third kappa shape index (κ3) is 3.25. The molecule has 3 nitrogen and oxygen atoms in total. The maximum Gasteiger partial charge on any atom is 0.119 e. The van der Waals surface area contributed by atoms with Gasteiger partial charge in [-0.3, -0.25) is 0 Å². The van der Waals surface area contributed by atoms with E-state index in [-0.39, 0.29) is 6.04 Å². The van der Waals surface area contributed by atoms with Gasteiger partial charge < -0.3 is 14.4 Å². The number of ether oxygens (including phenoxy) is 2. The lowest BCUT2D eigenvalue weighted by atomic mass is 9.86. The minimum absolute atomic E-state index is 0.189. The number of hydrogen-bond donors (Lipinski definition) is 0. The lowest BCUT2D eigenvalue weighted by Gasteiger charge is -2.40. The summed E-state index contributed by atoms with van der Waals surface area (Å²) >= 11 is 0. The zero-order chi connectivity index (χ0) is 18.8. The third-order valence-corrected chi connectivity index (χ3v) is 5.47. The zero-order valence-electron chi connectivity index (χ0n) is 16.1. The van der Waals surface area contributed by atoms with Crippen LogP contribution in [0.2, 0.25) is 0 Å². The summed E-state index contributed by atoms with van der Waals surface area (Å²) in [5.41, 5.74) is 6.59. The van der Waals surface area contributed by atoms with Gasteiger partial charge in [-0.05, 0) is 72.0 Å². The Hall–Kier alpha value is -2.94. The second-order valence-electron chi connectivity index (χ2n) is 6.97. The van der Waals surface area contributed by atoms with Gasteiger partial charge in [0.25, 0.3) is 0 Å². The first-order valence-corrected chi connectivity index (χ1v) is 9.34. The van der Waals surface area contributed by atoms with Crippen molar-refractivity contribution in [2.45, 2.75) is 19.4 Å². The molecule has 27 heavy (non-hydrogen) atoms. The first-order valence-electron chi connectivity index (χ1n) is 9.34. The number of aryl methyl sites for hydroxylation is 1. The first kappa shape index (κ1) is 17.5. The molecule has 3 aromatic rings. The van der Waals surface area contributed by atoms with Gasteiger partial charge in [-0.1, -0.05) is 30.3 Å². The number of methoxy groups -OCH3 is 2. The van der Waals surface area contributed by atoms with Gasteiger partial charge in [-0.25, -0.2) is 0 Å². The van der Waals surface area contributed by atoms with Gasteiger partial charge in [0.05, 0.1) is 20.3 Å². The van der Waals surface area contributed by atoms with Crippen LogP contribution in [0.3, 0.4) is 0 Å². The first-order chi connectivity index (χ1) is 13.2. The van der Waals surface area contributed by atoms with Crippen LogP contribution in [-0.2, 0) is 6.42 Å². The monoisotopic (exact) mass is 359 g/mol. The highest BCUT2D eigenvalue weighted by molar-refractivity contribution is 5.58. The van der Waals surface area contributed by atoms with Gasteiger partial charge in [0.15, 0.2) is 0 Å². The quantitative estimate of drug-likeness (QED) is 0.642. The smallest absolute Gasteiger partial charge is 0.119 e. The largest absolute Gasteiger partial charge is 0.497 e. The Morgan fingerprint density at radius 2 is 1.52 bits per heavy atom. The van der Waals surface area contributed by atoms with Crippen molar-refractivity contribution in [3.8, 4) is 11.5 Å². The van der Waals surface area contributed by atoms with Crippen LogP contribution in [0.15, 0.2) is 66.7 Å². The van der Waals surface area contributed by atoms with Crippen LogP contribution in [0.4, 0.5) is 5.69 Å². The molecule has 0 saturated carbocycles. The van der Waals surface area contributed by atoms with Crippen LogP contribution in [0, 0.1) is 6.92 Å². The summed E-state index contributed by atoms with van der Waals surface area (Å²) < 4.78 is 10.8. The molecule has 1 atom stereocenters. The van der Waals surface area contributed by atoms with Gasteiger partial charge in [0.2, 0.25) is 0 Å². The van der Waals surface area contributed by atoms with Crippen molar-refractivity contribution in [3.63, 3.8) is 0 Å². The molecule has 0 spiro atoms. The van der Waals surface area contributed by atoms with E-state index in [1.165, 1.54) is 27.9 Å². The summed E-state index contributed by atoms with van der Waals surface area (Å²) in [5, 5.41) is 0. The average molecular weight is 359 g/mol. The molecular weight excluding hydrogens is 334 g/mol. The Morgan fingerprint density at radius 3 is 2.22 bits per heavy atom. The van der Waals surface area contributed by atoms with Crippen molar-refractivity contribution in [2.75, 3.05) is 25.7 Å². The molecule has 0 radical (unpaired) electrons. The Balaban J connectivity index is 1.84. The van der Waals surface area contributed by atoms with Gasteiger partial charge in [0, 0.05) is 12.2 Å². The average Bonchev–Trinajstić information content (AvgIpc) is 2.73. The lowest BCUT2D eigenvalue weighted by Crippen LogP contribution is -2.36. The summed E-state index contributed by atoms with van der Waals surface area (Å²) in [7, 11) is 3.43. The summed E-state index contributed by atoms with van der Waals surface area (Å²) in [5.74, 6) is 1.81. The molecule has 0 aromatic heterocycles. The SMILES string of the molecule is COc1ccc(N2CCc3cc(OC)ccc3C2c2ccccc2C)cc1. The van der Waals surface area contributed by atoms with Crippen LogP contribution in [0.1, 0.15) is 28.3 Å². The minimum Gasteiger partial charge on any atom is -0.497 e. The van der Waals surface area contributed by atoms with Gasteiger partial charge in [0.1, 0.15) is 11.5 Å². The Labute approximate surface area is 161 Å². The highest BCUT2D eigenvalue weighted by Gasteiger charge is 2.30. The molecule has 0 saturated heterocycles. The van der Waals surface area contributed by atoms with Crippen molar-refractivity contribution < 1.29 is 9.47 Å². The van der Waals surface area contributed by atoms with Crippen molar-refractivity contribution in [2.24, 2.45) is 0 Å². The van der Waals surface area contributed by atoms with E-state index in [2.05, 4.69) is 66.4 Å². The second-order valence-corrected chi connectivity index (χ2v) is 6.97. The molecular formula is C24H25NO2. The molecule has 0 bridgehead atoms. The standard InChI is InChI=1S/C24H25NO2/c1-17-6-4-5-7-22(17)24-23-13-12-21(27-3)16-18(23)14-15-25(24)19-8-10-20(26-2)11-9-19/h4-13,16,24H,14-15H2,1-3H3. The summed E-state index contributed by atoms with van der Waals surface area (Å²) in [6, 6.07) is 23.7. The normalized spacial score (nSPS) is 16.0. The minimum atomic E-state index is 0.189. The molecule has 0 amide bonds. The van der Waals surface area contributed by atoms with Crippen LogP contribution >= 0.6 is 0 Å². The second kappa shape index (κ2) is 7.36. The van der Waals surface area contributed by atoms with E-state index in [1.54, 1.807) is 14.2 Å². The molecule has 3 aromatic carbocycles. The van der Waals surface area contributed by atoms with E-state index in [1.807, 2.05) is 12.1 Å². The molecule has 4 rings (SSSR count). The van der Waals surface area contributed by atoms with Crippen molar-refractivity contribution in [1.29, 1.82) is 0 Å². The maximum atomic E-state index is 5.45. The fourth-order valence-corrected chi connectivity index (χ4v) is 4.01. The van der Waals surface area contributed by atoms with E-state index in [0.717, 1.165) is 24.5 Å². The molecule has 3 heteroatoms. The fourth-order valence-electron chi connectivity index (χ4n) is 4.01. The Morgan fingerprint density at radius 1 is 0.815 bits per heavy atom. The number of rotatable bonds is 4. The van der Waals surface area contributed by atoms with E-state index in [4.69, 9.17) is 9.47 Å². The molecule has 1 unspecified atom stereocenters. The van der Waals surface area contributed by atoms with Crippen LogP contribution in [0.5, 0.6) is 11.5 Å². The summed E-state index contributed by atoms with van der Waals surface area (Å²) in [4.78, 5) is 2.50.